The van der Waals surface area contributed by atoms with Gasteiger partial charge in [0.15, 0.2) is 5.82 Å². The fourth-order valence-electron chi connectivity index (χ4n) is 2.11. The molecule has 0 aliphatic carbocycles. The van der Waals surface area contributed by atoms with E-state index in [1.807, 2.05) is 18.2 Å². The number of aromatic nitrogens is 2. The Labute approximate surface area is 126 Å². The Kier molecular flexibility index (Phi) is 3.49. The molecule has 3 aromatic rings. The van der Waals surface area contributed by atoms with Crippen molar-refractivity contribution in [1.82, 2.24) is 9.97 Å². The number of nitrogens with zero attached hydrogens (tertiary/aromatic N) is 2. The molecule has 1 amide bonds. The van der Waals surface area contributed by atoms with E-state index in [9.17, 15) is 4.79 Å². The summed E-state index contributed by atoms with van der Waals surface area (Å²) in [4.78, 5) is 20.1. The van der Waals surface area contributed by atoms with Crippen LogP contribution in [0.1, 0.15) is 15.9 Å². The maximum absolute atomic E-state index is 12.2. The van der Waals surface area contributed by atoms with Gasteiger partial charge in [0, 0.05) is 23.5 Å². The fourth-order valence-corrected chi connectivity index (χ4v) is 2.11. The van der Waals surface area contributed by atoms with Gasteiger partial charge in [0.05, 0.1) is 6.20 Å². The van der Waals surface area contributed by atoms with Gasteiger partial charge in [-0.25, -0.2) is 4.98 Å². The Morgan fingerprint density at radius 2 is 1.73 bits per heavy atom. The van der Waals surface area contributed by atoms with E-state index < -0.39 is 0 Å². The Balaban J connectivity index is 1.90. The predicted octanol–water partition coefficient (Wildman–Crippen LogP) is 2.17. The SMILES string of the molecule is N=C(N)c1ccc2cc(C(=O)Nc3cnccn3)ccc2c1. The lowest BCUT2D eigenvalue weighted by Gasteiger charge is -2.06. The van der Waals surface area contributed by atoms with Gasteiger partial charge in [0.2, 0.25) is 0 Å². The summed E-state index contributed by atoms with van der Waals surface area (Å²) < 4.78 is 0. The van der Waals surface area contributed by atoms with E-state index in [0.717, 1.165) is 10.8 Å². The van der Waals surface area contributed by atoms with Crippen LogP contribution in [0.5, 0.6) is 0 Å². The third kappa shape index (κ3) is 2.76. The first kappa shape index (κ1) is 13.7. The number of nitrogens with two attached hydrogens (primary N) is 1. The molecule has 0 bridgehead atoms. The molecule has 0 atom stereocenters. The Morgan fingerprint density at radius 3 is 2.36 bits per heavy atom. The minimum atomic E-state index is -0.252. The second-order valence-electron chi connectivity index (χ2n) is 4.74. The van der Waals surface area contributed by atoms with Crippen LogP contribution in [0.3, 0.4) is 0 Å². The molecule has 0 saturated heterocycles. The Bertz CT molecular complexity index is 861. The van der Waals surface area contributed by atoms with Crippen molar-refractivity contribution in [3.05, 3.63) is 66.1 Å². The summed E-state index contributed by atoms with van der Waals surface area (Å²) in [5, 5.41) is 12.0. The van der Waals surface area contributed by atoms with E-state index in [2.05, 4.69) is 15.3 Å². The summed E-state index contributed by atoms with van der Waals surface area (Å²) in [6.45, 7) is 0. The number of hydrogen-bond acceptors (Lipinski definition) is 4. The van der Waals surface area contributed by atoms with Crippen molar-refractivity contribution in [3.8, 4) is 0 Å². The normalized spacial score (nSPS) is 10.4. The van der Waals surface area contributed by atoms with Crippen LogP contribution in [0.2, 0.25) is 0 Å². The monoisotopic (exact) mass is 291 g/mol. The van der Waals surface area contributed by atoms with Gasteiger partial charge < -0.3 is 11.1 Å². The van der Waals surface area contributed by atoms with Crippen LogP contribution in [-0.2, 0) is 0 Å². The molecule has 1 aromatic heterocycles. The van der Waals surface area contributed by atoms with Crippen molar-refractivity contribution in [2.75, 3.05) is 5.32 Å². The third-order valence-electron chi connectivity index (χ3n) is 3.22. The van der Waals surface area contributed by atoms with Gasteiger partial charge in [0.1, 0.15) is 5.84 Å². The second kappa shape index (κ2) is 5.61. The average molecular weight is 291 g/mol. The van der Waals surface area contributed by atoms with E-state index in [-0.39, 0.29) is 11.7 Å². The number of benzene rings is 2. The molecule has 0 aliphatic rings. The topological polar surface area (TPSA) is 105 Å². The first-order valence-electron chi connectivity index (χ1n) is 6.59. The summed E-state index contributed by atoms with van der Waals surface area (Å²) >= 11 is 0. The first-order chi connectivity index (χ1) is 10.6. The van der Waals surface area contributed by atoms with Crippen molar-refractivity contribution >= 4 is 28.3 Å². The molecule has 0 unspecified atom stereocenters. The summed E-state index contributed by atoms with van der Waals surface area (Å²) in [6, 6.07) is 10.7. The Hall–Kier alpha value is -3.28. The van der Waals surface area contributed by atoms with Gasteiger partial charge in [0.25, 0.3) is 5.91 Å². The predicted molar refractivity (Wildman–Crippen MR) is 84.9 cm³/mol. The molecule has 0 aliphatic heterocycles. The van der Waals surface area contributed by atoms with E-state index in [1.54, 1.807) is 18.2 Å². The van der Waals surface area contributed by atoms with E-state index in [4.69, 9.17) is 11.1 Å². The number of hydrogen-bond donors (Lipinski definition) is 3. The molecule has 0 saturated carbocycles. The number of carbonyl (C=O) groups is 1. The lowest BCUT2D eigenvalue weighted by molar-refractivity contribution is 0.102. The highest BCUT2D eigenvalue weighted by Crippen LogP contribution is 2.18. The molecule has 1 heterocycles. The van der Waals surface area contributed by atoms with Crippen molar-refractivity contribution in [1.29, 1.82) is 5.41 Å². The molecule has 0 spiro atoms. The van der Waals surface area contributed by atoms with Crippen LogP contribution >= 0.6 is 0 Å². The van der Waals surface area contributed by atoms with Crippen LogP contribution in [0.25, 0.3) is 10.8 Å². The maximum atomic E-state index is 12.2. The van der Waals surface area contributed by atoms with Crippen LogP contribution in [0.4, 0.5) is 5.82 Å². The molecular formula is C16H13N5O. The number of rotatable bonds is 3. The van der Waals surface area contributed by atoms with Crippen LogP contribution in [-0.4, -0.2) is 21.7 Å². The van der Waals surface area contributed by atoms with Gasteiger partial charge in [-0.3, -0.25) is 15.2 Å². The lowest BCUT2D eigenvalue weighted by Crippen LogP contribution is -2.13. The lowest BCUT2D eigenvalue weighted by atomic mass is 10.0. The largest absolute Gasteiger partial charge is 0.384 e. The number of anilines is 1. The summed E-state index contributed by atoms with van der Waals surface area (Å²) in [5.74, 6) is 0.170. The van der Waals surface area contributed by atoms with Gasteiger partial charge in [-0.2, -0.15) is 0 Å². The van der Waals surface area contributed by atoms with E-state index >= 15 is 0 Å². The molecule has 108 valence electrons. The van der Waals surface area contributed by atoms with E-state index in [0.29, 0.717) is 16.9 Å². The van der Waals surface area contributed by atoms with Gasteiger partial charge >= 0.3 is 0 Å². The first-order valence-corrected chi connectivity index (χ1v) is 6.59. The summed E-state index contributed by atoms with van der Waals surface area (Å²) in [7, 11) is 0. The number of amides is 1. The summed E-state index contributed by atoms with van der Waals surface area (Å²) in [5.41, 5.74) is 6.65. The molecule has 0 fully saturated rings. The Morgan fingerprint density at radius 1 is 1.05 bits per heavy atom. The number of fused-ring (bicyclic) bond motifs is 1. The standard InChI is InChI=1S/C16H13N5O/c17-15(18)12-3-1-11-8-13(4-2-10(11)7-12)16(22)21-14-9-19-5-6-20-14/h1-9H,(H3,17,18)(H,20,21,22). The highest BCUT2D eigenvalue weighted by atomic mass is 16.1. The highest BCUT2D eigenvalue weighted by Gasteiger charge is 2.08. The van der Waals surface area contributed by atoms with Crippen LogP contribution < -0.4 is 11.1 Å². The number of nitrogens with one attached hydrogen (secondary N) is 2. The number of nitrogen functional groups attached to an aromatic ring is 1. The van der Waals surface area contributed by atoms with Gasteiger partial charge in [-0.05, 0) is 29.0 Å². The van der Waals surface area contributed by atoms with Crippen molar-refractivity contribution in [2.45, 2.75) is 0 Å². The zero-order valence-electron chi connectivity index (χ0n) is 11.6. The van der Waals surface area contributed by atoms with Crippen LogP contribution in [0, 0.1) is 5.41 Å². The molecule has 6 nitrogen and oxygen atoms in total. The minimum Gasteiger partial charge on any atom is -0.384 e. The second-order valence-corrected chi connectivity index (χ2v) is 4.74. The highest BCUT2D eigenvalue weighted by molar-refractivity contribution is 6.06. The zero-order chi connectivity index (χ0) is 15.5. The molecule has 22 heavy (non-hydrogen) atoms. The fraction of sp³-hybridized carbons (Fsp3) is 0. The zero-order valence-corrected chi connectivity index (χ0v) is 11.6. The average Bonchev–Trinajstić information content (AvgIpc) is 2.54. The molecule has 3 rings (SSSR count). The third-order valence-corrected chi connectivity index (χ3v) is 3.22. The summed E-state index contributed by atoms with van der Waals surface area (Å²) in [6.07, 6.45) is 4.54. The molecular weight excluding hydrogens is 278 g/mol. The molecule has 4 N–H and O–H groups in total. The van der Waals surface area contributed by atoms with Crippen molar-refractivity contribution in [2.24, 2.45) is 5.73 Å². The van der Waals surface area contributed by atoms with Crippen molar-refractivity contribution in [3.63, 3.8) is 0 Å². The number of amidine groups is 1. The van der Waals surface area contributed by atoms with Gasteiger partial charge in [-0.15, -0.1) is 0 Å². The minimum absolute atomic E-state index is 0.0198. The van der Waals surface area contributed by atoms with Crippen LogP contribution in [0.15, 0.2) is 55.0 Å². The van der Waals surface area contributed by atoms with Crippen molar-refractivity contribution < 1.29 is 4.79 Å². The smallest absolute Gasteiger partial charge is 0.256 e. The number of carbonyl (C=O) groups excluding carboxylic acids is 1. The molecule has 2 aromatic carbocycles. The molecule has 0 radical (unpaired) electrons. The molecule has 6 heteroatoms. The van der Waals surface area contributed by atoms with E-state index in [1.165, 1.54) is 18.6 Å². The maximum Gasteiger partial charge on any atom is 0.256 e. The quantitative estimate of drug-likeness (QED) is 0.508. The van der Waals surface area contributed by atoms with Gasteiger partial charge in [-0.1, -0.05) is 18.2 Å².